The third kappa shape index (κ3) is 3.05. The lowest BCUT2D eigenvalue weighted by Crippen LogP contribution is -2.47. The van der Waals surface area contributed by atoms with Gasteiger partial charge in [0.05, 0.1) is 0 Å². The van der Waals surface area contributed by atoms with E-state index >= 15 is 0 Å². The summed E-state index contributed by atoms with van der Waals surface area (Å²) >= 11 is 0. The van der Waals surface area contributed by atoms with Gasteiger partial charge in [0, 0.05) is 11.8 Å². The summed E-state index contributed by atoms with van der Waals surface area (Å²) in [6.07, 6.45) is -5.27. The van der Waals surface area contributed by atoms with Crippen LogP contribution in [-0.4, -0.2) is 24.4 Å². The van der Waals surface area contributed by atoms with Crippen molar-refractivity contribution in [2.75, 3.05) is 0 Å². The summed E-state index contributed by atoms with van der Waals surface area (Å²) in [4.78, 5) is 0. The molecule has 0 bridgehead atoms. The number of rotatable bonds is 2. The molecule has 0 N–H and O–H groups in total. The average molecular weight is 284 g/mol. The van der Waals surface area contributed by atoms with Crippen LogP contribution in [0, 0.1) is 17.8 Å². The molecule has 19 heavy (non-hydrogen) atoms. The second kappa shape index (κ2) is 5.57. The number of alkyl halides is 5. The number of hydrogen-bond donors (Lipinski definition) is 0. The molecule has 0 nitrogen and oxygen atoms in total. The molecule has 2 atom stereocenters. The Morgan fingerprint density at radius 3 is 1.74 bits per heavy atom. The molecule has 0 heterocycles. The molecule has 0 aromatic heterocycles. The minimum atomic E-state index is -3.07. The third-order valence-electron chi connectivity index (χ3n) is 4.81. The summed E-state index contributed by atoms with van der Waals surface area (Å²) in [7, 11) is 0. The van der Waals surface area contributed by atoms with Crippen molar-refractivity contribution in [1.82, 2.24) is 0 Å². The minimum absolute atomic E-state index is 0.400. The maximum absolute atomic E-state index is 14.3. The van der Waals surface area contributed by atoms with E-state index in [1.807, 2.05) is 6.92 Å². The van der Waals surface area contributed by atoms with Gasteiger partial charge in [0.25, 0.3) is 5.92 Å². The highest BCUT2D eigenvalue weighted by Gasteiger charge is 2.53. The van der Waals surface area contributed by atoms with Crippen molar-refractivity contribution in [2.24, 2.45) is 17.8 Å². The van der Waals surface area contributed by atoms with E-state index in [1.54, 1.807) is 0 Å². The highest BCUT2D eigenvalue weighted by atomic mass is 19.3. The fourth-order valence-electron chi connectivity index (χ4n) is 3.42. The Bertz CT molecular complexity index is 286. The van der Waals surface area contributed by atoms with Crippen molar-refractivity contribution in [2.45, 2.75) is 69.9 Å². The summed E-state index contributed by atoms with van der Waals surface area (Å²) in [5, 5.41) is 0. The first-order valence-corrected chi connectivity index (χ1v) is 7.12. The van der Waals surface area contributed by atoms with E-state index in [0.29, 0.717) is 18.8 Å². The zero-order valence-corrected chi connectivity index (χ0v) is 11.1. The van der Waals surface area contributed by atoms with Gasteiger partial charge in [-0.05, 0) is 31.6 Å². The fraction of sp³-hybridized carbons (Fsp3) is 1.00. The molecule has 0 saturated heterocycles. The highest BCUT2D eigenvalue weighted by Crippen LogP contribution is 2.48. The first-order valence-electron chi connectivity index (χ1n) is 7.12. The topological polar surface area (TPSA) is 0 Å². The van der Waals surface area contributed by atoms with Crippen molar-refractivity contribution < 1.29 is 22.0 Å². The molecule has 2 fully saturated rings. The van der Waals surface area contributed by atoms with Crippen LogP contribution in [0.25, 0.3) is 0 Å². The van der Waals surface area contributed by atoms with E-state index in [4.69, 9.17) is 0 Å². The quantitative estimate of drug-likeness (QED) is 0.634. The maximum Gasteiger partial charge on any atom is 0.253 e. The summed E-state index contributed by atoms with van der Waals surface area (Å²) < 4.78 is 68.3. The minimum Gasteiger partial charge on any atom is -0.244 e. The standard InChI is InChI=1S/C14H21F5/c1-8-2-4-9(5-3-8)14(18,19)10-6-11(15)13(17)12(16)7-10/h8-13H,2-7H2,1H3. The van der Waals surface area contributed by atoms with Crippen molar-refractivity contribution in [3.63, 3.8) is 0 Å². The van der Waals surface area contributed by atoms with Gasteiger partial charge in [-0.1, -0.05) is 19.8 Å². The zero-order valence-electron chi connectivity index (χ0n) is 11.1. The van der Waals surface area contributed by atoms with Crippen molar-refractivity contribution in [3.8, 4) is 0 Å². The molecule has 2 aliphatic carbocycles. The lowest BCUT2D eigenvalue weighted by Gasteiger charge is -2.40. The van der Waals surface area contributed by atoms with Gasteiger partial charge in [-0.2, -0.15) is 0 Å². The zero-order chi connectivity index (χ0) is 14.2. The predicted molar refractivity (Wildman–Crippen MR) is 63.5 cm³/mol. The van der Waals surface area contributed by atoms with Crippen LogP contribution in [0.3, 0.4) is 0 Å². The van der Waals surface area contributed by atoms with Crippen molar-refractivity contribution >= 4 is 0 Å². The van der Waals surface area contributed by atoms with Gasteiger partial charge in [-0.3, -0.25) is 0 Å². The van der Waals surface area contributed by atoms with E-state index in [9.17, 15) is 22.0 Å². The molecular formula is C14H21F5. The van der Waals surface area contributed by atoms with Crippen LogP contribution in [0.15, 0.2) is 0 Å². The van der Waals surface area contributed by atoms with Crippen LogP contribution in [0.5, 0.6) is 0 Å². The van der Waals surface area contributed by atoms with E-state index in [-0.39, 0.29) is 0 Å². The highest BCUT2D eigenvalue weighted by molar-refractivity contribution is 4.95. The molecule has 0 aliphatic heterocycles. The summed E-state index contributed by atoms with van der Waals surface area (Å²) in [5.74, 6) is -4.79. The first-order chi connectivity index (χ1) is 8.82. The monoisotopic (exact) mass is 284 g/mol. The molecule has 2 saturated carbocycles. The Hall–Kier alpha value is -0.350. The van der Waals surface area contributed by atoms with Gasteiger partial charge >= 0.3 is 0 Å². The van der Waals surface area contributed by atoms with Crippen molar-refractivity contribution in [1.29, 1.82) is 0 Å². The van der Waals surface area contributed by atoms with Crippen LogP contribution in [0.2, 0.25) is 0 Å². The molecule has 5 heteroatoms. The molecular weight excluding hydrogens is 263 g/mol. The Morgan fingerprint density at radius 1 is 0.789 bits per heavy atom. The third-order valence-corrected chi connectivity index (χ3v) is 4.81. The lowest BCUT2D eigenvalue weighted by molar-refractivity contribution is -0.152. The summed E-state index contributed by atoms with van der Waals surface area (Å²) in [6, 6.07) is 0. The van der Waals surface area contributed by atoms with Crippen LogP contribution in [-0.2, 0) is 0 Å². The number of halogens is 5. The average Bonchev–Trinajstić information content (AvgIpc) is 2.35. The van der Waals surface area contributed by atoms with Gasteiger partial charge in [-0.15, -0.1) is 0 Å². The second-order valence-electron chi connectivity index (χ2n) is 6.28. The molecule has 0 spiro atoms. The molecule has 0 aromatic carbocycles. The van der Waals surface area contributed by atoms with Crippen LogP contribution >= 0.6 is 0 Å². The fourth-order valence-corrected chi connectivity index (χ4v) is 3.42. The van der Waals surface area contributed by atoms with Gasteiger partial charge in [0.2, 0.25) is 0 Å². The molecule has 0 amide bonds. The Morgan fingerprint density at radius 2 is 1.26 bits per heavy atom. The van der Waals surface area contributed by atoms with Gasteiger partial charge in [0.1, 0.15) is 12.3 Å². The van der Waals surface area contributed by atoms with Gasteiger partial charge < -0.3 is 0 Å². The predicted octanol–water partition coefficient (Wildman–Crippen LogP) is 4.87. The summed E-state index contributed by atoms with van der Waals surface area (Å²) in [5.41, 5.74) is 0. The Balaban J connectivity index is 2.02. The van der Waals surface area contributed by atoms with Crippen molar-refractivity contribution in [3.05, 3.63) is 0 Å². The Labute approximate surface area is 110 Å². The molecule has 2 unspecified atom stereocenters. The van der Waals surface area contributed by atoms with E-state index in [2.05, 4.69) is 0 Å². The molecule has 2 rings (SSSR count). The van der Waals surface area contributed by atoms with E-state index < -0.39 is 49.1 Å². The SMILES string of the molecule is CC1CCC(C(F)(F)C2CC(F)C(F)C(F)C2)CC1. The van der Waals surface area contributed by atoms with E-state index in [0.717, 1.165) is 12.8 Å². The molecule has 0 radical (unpaired) electrons. The normalized spacial score (nSPS) is 45.2. The smallest absolute Gasteiger partial charge is 0.244 e. The summed E-state index contributed by atoms with van der Waals surface area (Å²) in [6.45, 7) is 2.03. The Kier molecular flexibility index (Phi) is 4.41. The van der Waals surface area contributed by atoms with Gasteiger partial charge in [0.15, 0.2) is 6.17 Å². The van der Waals surface area contributed by atoms with Crippen LogP contribution in [0.1, 0.15) is 45.4 Å². The second-order valence-corrected chi connectivity index (χ2v) is 6.28. The molecule has 0 aromatic rings. The molecule has 112 valence electrons. The molecule has 2 aliphatic rings. The van der Waals surface area contributed by atoms with Crippen LogP contribution in [0.4, 0.5) is 22.0 Å². The van der Waals surface area contributed by atoms with Crippen LogP contribution < -0.4 is 0 Å². The maximum atomic E-state index is 14.3. The van der Waals surface area contributed by atoms with Gasteiger partial charge in [-0.25, -0.2) is 22.0 Å². The largest absolute Gasteiger partial charge is 0.253 e. The first kappa shape index (κ1) is 15.0. The van der Waals surface area contributed by atoms with E-state index in [1.165, 1.54) is 0 Å². The lowest BCUT2D eigenvalue weighted by atomic mass is 9.72. The number of hydrogen-bond acceptors (Lipinski definition) is 0.